The molecule has 2 fully saturated rings. The smallest absolute Gasteiger partial charge is 0.243 e. The van der Waals surface area contributed by atoms with Gasteiger partial charge in [-0.2, -0.15) is 0 Å². The van der Waals surface area contributed by atoms with Gasteiger partial charge in [0.15, 0.2) is 0 Å². The minimum absolute atomic E-state index is 0.00258. The molecule has 1 heterocycles. The van der Waals surface area contributed by atoms with Gasteiger partial charge in [0.1, 0.15) is 6.54 Å². The van der Waals surface area contributed by atoms with Gasteiger partial charge in [0.2, 0.25) is 17.7 Å². The first-order valence-electron chi connectivity index (χ1n) is 9.17. The number of nitrogens with zero attached hydrogens (tertiary/aromatic N) is 2. The summed E-state index contributed by atoms with van der Waals surface area (Å²) in [6.45, 7) is 4.26. The third-order valence-corrected chi connectivity index (χ3v) is 5.37. The second kappa shape index (κ2) is 7.38. The van der Waals surface area contributed by atoms with Gasteiger partial charge in [0.05, 0.1) is 11.8 Å². The van der Waals surface area contributed by atoms with E-state index in [1.165, 1.54) is 4.90 Å². The van der Waals surface area contributed by atoms with Crippen LogP contribution < -0.4 is 0 Å². The molecule has 1 aliphatic carbocycles. The number of hydrogen-bond donors (Lipinski definition) is 0. The van der Waals surface area contributed by atoms with Crippen LogP contribution in [0.3, 0.4) is 0 Å². The molecule has 0 N–H and O–H groups in total. The molecule has 2 atom stereocenters. The van der Waals surface area contributed by atoms with E-state index in [1.54, 1.807) is 4.90 Å². The van der Waals surface area contributed by atoms with Crippen molar-refractivity contribution in [3.63, 3.8) is 0 Å². The molecule has 0 radical (unpaired) electrons. The van der Waals surface area contributed by atoms with Crippen LogP contribution in [0, 0.1) is 11.8 Å². The molecule has 0 aromatic heterocycles. The van der Waals surface area contributed by atoms with E-state index in [-0.39, 0.29) is 42.1 Å². The average molecular weight is 342 g/mol. The van der Waals surface area contributed by atoms with Crippen LogP contribution >= 0.6 is 0 Å². The molecule has 5 nitrogen and oxygen atoms in total. The molecule has 1 aromatic carbocycles. The van der Waals surface area contributed by atoms with Crippen molar-refractivity contribution in [2.45, 2.75) is 52.1 Å². The Bertz CT molecular complexity index is 632. The molecule has 5 heteroatoms. The fourth-order valence-corrected chi connectivity index (χ4v) is 3.95. The Morgan fingerprint density at radius 1 is 1.08 bits per heavy atom. The van der Waals surface area contributed by atoms with Crippen LogP contribution in [0.5, 0.6) is 0 Å². The van der Waals surface area contributed by atoms with Crippen LogP contribution in [0.2, 0.25) is 0 Å². The monoisotopic (exact) mass is 342 g/mol. The van der Waals surface area contributed by atoms with Crippen LogP contribution in [0.1, 0.15) is 45.1 Å². The molecule has 0 spiro atoms. The molecule has 3 amide bonds. The zero-order valence-electron chi connectivity index (χ0n) is 15.0. The third kappa shape index (κ3) is 3.60. The third-order valence-electron chi connectivity index (χ3n) is 5.37. The number of benzene rings is 1. The summed E-state index contributed by atoms with van der Waals surface area (Å²) < 4.78 is 0. The summed E-state index contributed by atoms with van der Waals surface area (Å²) in [5, 5.41) is 0. The molecule has 3 rings (SSSR count). The summed E-state index contributed by atoms with van der Waals surface area (Å²) in [5.41, 5.74) is 1.04. The maximum atomic E-state index is 12.8. The Morgan fingerprint density at radius 2 is 1.64 bits per heavy atom. The van der Waals surface area contributed by atoms with E-state index in [9.17, 15) is 14.4 Å². The lowest BCUT2D eigenvalue weighted by Gasteiger charge is -2.28. The first-order valence-corrected chi connectivity index (χ1v) is 9.17. The lowest BCUT2D eigenvalue weighted by molar-refractivity contribution is -0.147. The number of carbonyl (C=O) groups is 3. The summed E-state index contributed by atoms with van der Waals surface area (Å²) >= 11 is 0. The van der Waals surface area contributed by atoms with E-state index in [4.69, 9.17) is 0 Å². The largest absolute Gasteiger partial charge is 0.334 e. The van der Waals surface area contributed by atoms with Crippen molar-refractivity contribution in [3.05, 3.63) is 35.9 Å². The molecule has 1 saturated carbocycles. The zero-order chi connectivity index (χ0) is 18.0. The first-order chi connectivity index (χ1) is 12.0. The van der Waals surface area contributed by atoms with Crippen molar-refractivity contribution in [2.75, 3.05) is 6.54 Å². The highest BCUT2D eigenvalue weighted by molar-refractivity contribution is 6.07. The van der Waals surface area contributed by atoms with Crippen molar-refractivity contribution in [2.24, 2.45) is 11.8 Å². The van der Waals surface area contributed by atoms with Gasteiger partial charge in [-0.1, -0.05) is 43.2 Å². The molecule has 2 unspecified atom stereocenters. The van der Waals surface area contributed by atoms with Gasteiger partial charge < -0.3 is 4.90 Å². The summed E-state index contributed by atoms with van der Waals surface area (Å²) in [5.74, 6) is -0.858. The van der Waals surface area contributed by atoms with Gasteiger partial charge in [0.25, 0.3) is 0 Å². The molecular formula is C20H26N2O3. The molecule has 2 aliphatic rings. The molecule has 1 saturated heterocycles. The molecule has 134 valence electrons. The number of imide groups is 1. The van der Waals surface area contributed by atoms with E-state index >= 15 is 0 Å². The molecule has 0 bridgehead atoms. The summed E-state index contributed by atoms with van der Waals surface area (Å²) in [6, 6.07) is 9.77. The van der Waals surface area contributed by atoms with Gasteiger partial charge in [-0.3, -0.25) is 19.3 Å². The molecule has 1 aliphatic heterocycles. The number of hydrogen-bond acceptors (Lipinski definition) is 3. The number of carbonyl (C=O) groups excluding carboxylic acids is 3. The fraction of sp³-hybridized carbons (Fsp3) is 0.550. The normalized spacial score (nSPS) is 23.1. The highest BCUT2D eigenvalue weighted by atomic mass is 16.2. The Kier molecular flexibility index (Phi) is 5.21. The standard InChI is InChI=1S/C20H26N2O3/c1-14(2)21(12-15-8-4-3-5-9-15)18(23)13-22-19(24)16-10-6-7-11-17(16)20(22)25/h3-5,8-9,14,16-17H,6-7,10-13H2,1-2H3. The maximum Gasteiger partial charge on any atom is 0.243 e. The average Bonchev–Trinajstić information content (AvgIpc) is 2.85. The highest BCUT2D eigenvalue weighted by Gasteiger charge is 2.48. The van der Waals surface area contributed by atoms with Gasteiger partial charge in [0, 0.05) is 12.6 Å². The first kappa shape index (κ1) is 17.6. The van der Waals surface area contributed by atoms with E-state index in [0.29, 0.717) is 6.54 Å². The quantitative estimate of drug-likeness (QED) is 0.773. The summed E-state index contributed by atoms with van der Waals surface area (Å²) in [7, 11) is 0. The Morgan fingerprint density at radius 3 is 2.16 bits per heavy atom. The van der Waals surface area contributed by atoms with Gasteiger partial charge in [-0.15, -0.1) is 0 Å². The predicted molar refractivity (Wildman–Crippen MR) is 94.3 cm³/mol. The van der Waals surface area contributed by atoms with Crippen LogP contribution in [0.25, 0.3) is 0 Å². The van der Waals surface area contributed by atoms with E-state index < -0.39 is 0 Å². The lowest BCUT2D eigenvalue weighted by Crippen LogP contribution is -2.45. The number of amides is 3. The van der Waals surface area contributed by atoms with Gasteiger partial charge >= 0.3 is 0 Å². The SMILES string of the molecule is CC(C)N(Cc1ccccc1)C(=O)CN1C(=O)C2CCCCC2C1=O. The molecular weight excluding hydrogens is 316 g/mol. The Hall–Kier alpha value is -2.17. The van der Waals surface area contributed by atoms with Crippen LogP contribution in [0.15, 0.2) is 30.3 Å². The van der Waals surface area contributed by atoms with Crippen molar-refractivity contribution in [3.8, 4) is 0 Å². The van der Waals surface area contributed by atoms with Crippen LogP contribution in [-0.4, -0.2) is 40.1 Å². The number of rotatable bonds is 5. The second-order valence-electron chi connectivity index (χ2n) is 7.36. The van der Waals surface area contributed by atoms with Gasteiger partial charge in [-0.05, 0) is 32.3 Å². The highest BCUT2D eigenvalue weighted by Crippen LogP contribution is 2.37. The number of fused-ring (bicyclic) bond motifs is 1. The Balaban J connectivity index is 1.71. The minimum atomic E-state index is -0.198. The second-order valence-corrected chi connectivity index (χ2v) is 7.36. The topological polar surface area (TPSA) is 57.7 Å². The minimum Gasteiger partial charge on any atom is -0.334 e. The van der Waals surface area contributed by atoms with E-state index in [1.807, 2.05) is 44.2 Å². The Labute approximate surface area is 149 Å². The van der Waals surface area contributed by atoms with E-state index in [0.717, 1.165) is 31.2 Å². The summed E-state index contributed by atoms with van der Waals surface area (Å²) in [6.07, 6.45) is 3.54. The van der Waals surface area contributed by atoms with E-state index in [2.05, 4.69) is 0 Å². The molecule has 1 aromatic rings. The predicted octanol–water partition coefficient (Wildman–Crippen LogP) is 2.60. The van der Waals surface area contributed by atoms with Crippen LogP contribution in [0.4, 0.5) is 0 Å². The zero-order valence-corrected chi connectivity index (χ0v) is 15.0. The van der Waals surface area contributed by atoms with Crippen molar-refractivity contribution >= 4 is 17.7 Å². The maximum absolute atomic E-state index is 12.8. The van der Waals surface area contributed by atoms with Crippen molar-refractivity contribution in [1.82, 2.24) is 9.80 Å². The van der Waals surface area contributed by atoms with Crippen molar-refractivity contribution < 1.29 is 14.4 Å². The fourth-order valence-electron chi connectivity index (χ4n) is 3.95. The lowest BCUT2D eigenvalue weighted by atomic mass is 9.81. The summed E-state index contributed by atoms with van der Waals surface area (Å²) in [4.78, 5) is 40.9. The van der Waals surface area contributed by atoms with Crippen molar-refractivity contribution in [1.29, 1.82) is 0 Å². The number of likely N-dealkylation sites (tertiary alicyclic amines) is 1. The van der Waals surface area contributed by atoms with Crippen LogP contribution in [-0.2, 0) is 20.9 Å². The van der Waals surface area contributed by atoms with Gasteiger partial charge in [-0.25, -0.2) is 0 Å². The molecule has 25 heavy (non-hydrogen) atoms.